The van der Waals surface area contributed by atoms with E-state index in [-0.39, 0.29) is 23.4 Å². The zero-order chi connectivity index (χ0) is 17.2. The standard InChI is InChI=1S/C14H12F3N3O3/c1-2-9(10-11(21)19-13(23)20-12(10)22)18-8-5-3-4-7(6-8)14(15,16)17/h3-6H,2H2,1H3,(H3,19,20,21,22,23). The quantitative estimate of drug-likeness (QED) is 0.755. The molecule has 0 radical (unpaired) electrons. The normalized spacial score (nSPS) is 12.4. The second kappa shape index (κ2) is 6.11. The van der Waals surface area contributed by atoms with Crippen molar-refractivity contribution in [2.45, 2.75) is 19.5 Å². The highest BCUT2D eigenvalue weighted by Crippen LogP contribution is 2.31. The molecule has 122 valence electrons. The Bertz CT molecular complexity index is 866. The first-order valence-corrected chi connectivity index (χ1v) is 6.53. The maximum absolute atomic E-state index is 12.7. The molecule has 0 fully saturated rings. The lowest BCUT2D eigenvalue weighted by molar-refractivity contribution is -0.137. The minimum Gasteiger partial charge on any atom is -0.494 e. The van der Waals surface area contributed by atoms with E-state index in [1.165, 1.54) is 12.1 Å². The van der Waals surface area contributed by atoms with Crippen molar-refractivity contribution in [2.75, 3.05) is 0 Å². The number of nitrogens with zero attached hydrogens (tertiary/aromatic N) is 1. The lowest BCUT2D eigenvalue weighted by atomic mass is 10.1. The van der Waals surface area contributed by atoms with Crippen LogP contribution in [0.5, 0.6) is 5.88 Å². The monoisotopic (exact) mass is 327 g/mol. The minimum absolute atomic E-state index is 0.0262. The summed E-state index contributed by atoms with van der Waals surface area (Å²) in [4.78, 5) is 30.7. The number of aromatic nitrogens is 2. The highest BCUT2D eigenvalue weighted by atomic mass is 19.4. The highest BCUT2D eigenvalue weighted by molar-refractivity contribution is 6.03. The lowest BCUT2D eigenvalue weighted by Crippen LogP contribution is -2.27. The number of hydrogen-bond donors (Lipinski definition) is 3. The molecule has 0 bridgehead atoms. The summed E-state index contributed by atoms with van der Waals surface area (Å²) in [6, 6.07) is 4.25. The molecule has 0 aliphatic rings. The molecule has 0 unspecified atom stereocenters. The Labute approximate surface area is 127 Å². The van der Waals surface area contributed by atoms with Crippen LogP contribution in [0.15, 0.2) is 38.8 Å². The molecule has 0 spiro atoms. The molecule has 2 aromatic rings. The summed E-state index contributed by atoms with van der Waals surface area (Å²) in [6.07, 6.45) is -4.37. The van der Waals surface area contributed by atoms with Crippen LogP contribution in [0.25, 0.3) is 0 Å². The fourth-order valence-electron chi connectivity index (χ4n) is 1.96. The number of rotatable bonds is 3. The molecule has 1 aromatic heterocycles. The van der Waals surface area contributed by atoms with Crippen molar-refractivity contribution in [2.24, 2.45) is 4.99 Å². The van der Waals surface area contributed by atoms with E-state index in [0.29, 0.717) is 0 Å². The molecule has 9 heteroatoms. The maximum atomic E-state index is 12.7. The van der Waals surface area contributed by atoms with Crippen molar-refractivity contribution in [1.29, 1.82) is 0 Å². The second-order valence-electron chi connectivity index (χ2n) is 4.59. The van der Waals surface area contributed by atoms with Gasteiger partial charge in [-0.15, -0.1) is 0 Å². The van der Waals surface area contributed by atoms with Crippen LogP contribution in [0.2, 0.25) is 0 Å². The van der Waals surface area contributed by atoms with Gasteiger partial charge in [0.05, 0.1) is 17.0 Å². The van der Waals surface area contributed by atoms with Crippen LogP contribution in [0, 0.1) is 0 Å². The van der Waals surface area contributed by atoms with E-state index in [4.69, 9.17) is 0 Å². The zero-order valence-electron chi connectivity index (χ0n) is 11.9. The van der Waals surface area contributed by atoms with Gasteiger partial charge in [-0.1, -0.05) is 13.0 Å². The van der Waals surface area contributed by atoms with Crippen molar-refractivity contribution in [3.05, 3.63) is 56.2 Å². The predicted octanol–water partition coefficient (Wildman–Crippen LogP) is 2.32. The van der Waals surface area contributed by atoms with Gasteiger partial charge in [-0.05, 0) is 24.6 Å². The number of aromatic amines is 2. The molecular weight excluding hydrogens is 315 g/mol. The van der Waals surface area contributed by atoms with E-state index >= 15 is 0 Å². The molecular formula is C14H12F3N3O3. The fraction of sp³-hybridized carbons (Fsp3) is 0.214. The number of H-pyrrole nitrogens is 2. The van der Waals surface area contributed by atoms with Gasteiger partial charge in [-0.25, -0.2) is 4.79 Å². The van der Waals surface area contributed by atoms with E-state index in [1.807, 2.05) is 9.97 Å². The van der Waals surface area contributed by atoms with Gasteiger partial charge in [0.2, 0.25) is 5.88 Å². The molecule has 3 N–H and O–H groups in total. The van der Waals surface area contributed by atoms with Crippen molar-refractivity contribution < 1.29 is 18.3 Å². The number of benzene rings is 1. The Hall–Kier alpha value is -2.84. The first-order valence-electron chi connectivity index (χ1n) is 6.53. The number of aromatic hydroxyl groups is 1. The number of alkyl halides is 3. The lowest BCUT2D eigenvalue weighted by Gasteiger charge is -2.08. The van der Waals surface area contributed by atoms with Gasteiger partial charge in [0, 0.05) is 0 Å². The minimum atomic E-state index is -4.52. The van der Waals surface area contributed by atoms with E-state index < -0.39 is 28.9 Å². The van der Waals surface area contributed by atoms with Crippen LogP contribution < -0.4 is 11.2 Å². The van der Waals surface area contributed by atoms with Crippen molar-refractivity contribution >= 4 is 11.4 Å². The Balaban J connectivity index is 2.57. The average molecular weight is 327 g/mol. The van der Waals surface area contributed by atoms with Crippen LogP contribution in [-0.4, -0.2) is 20.8 Å². The summed E-state index contributed by atoms with van der Waals surface area (Å²) >= 11 is 0. The summed E-state index contributed by atoms with van der Waals surface area (Å²) in [7, 11) is 0. The molecule has 23 heavy (non-hydrogen) atoms. The molecule has 1 heterocycles. The highest BCUT2D eigenvalue weighted by Gasteiger charge is 2.30. The Morgan fingerprint density at radius 2 is 1.96 bits per heavy atom. The zero-order valence-corrected chi connectivity index (χ0v) is 11.9. The second-order valence-corrected chi connectivity index (χ2v) is 4.59. The summed E-state index contributed by atoms with van der Waals surface area (Å²) < 4.78 is 38.1. The van der Waals surface area contributed by atoms with Gasteiger partial charge in [-0.2, -0.15) is 13.2 Å². The van der Waals surface area contributed by atoms with Gasteiger partial charge in [0.1, 0.15) is 5.56 Å². The third-order valence-electron chi connectivity index (χ3n) is 2.98. The summed E-state index contributed by atoms with van der Waals surface area (Å²) in [5.74, 6) is -0.689. The molecule has 0 atom stereocenters. The largest absolute Gasteiger partial charge is 0.494 e. The fourth-order valence-corrected chi connectivity index (χ4v) is 1.96. The third-order valence-corrected chi connectivity index (χ3v) is 2.98. The van der Waals surface area contributed by atoms with Gasteiger partial charge in [0.25, 0.3) is 5.56 Å². The molecule has 2 rings (SSSR count). The van der Waals surface area contributed by atoms with Crippen molar-refractivity contribution in [3.8, 4) is 5.88 Å². The summed E-state index contributed by atoms with van der Waals surface area (Å²) in [6.45, 7) is 1.61. The Morgan fingerprint density at radius 1 is 1.26 bits per heavy atom. The van der Waals surface area contributed by atoms with E-state index in [1.54, 1.807) is 6.92 Å². The predicted molar refractivity (Wildman–Crippen MR) is 77.3 cm³/mol. The van der Waals surface area contributed by atoms with Gasteiger partial charge < -0.3 is 5.11 Å². The van der Waals surface area contributed by atoms with Crippen LogP contribution in [-0.2, 0) is 6.18 Å². The third kappa shape index (κ3) is 3.68. The number of halogens is 3. The first kappa shape index (κ1) is 16.5. The molecule has 0 aliphatic heterocycles. The van der Waals surface area contributed by atoms with E-state index in [9.17, 15) is 27.9 Å². The topological polar surface area (TPSA) is 98.3 Å². The summed E-state index contributed by atoms with van der Waals surface area (Å²) in [5.41, 5.74) is -2.93. The first-order chi connectivity index (χ1) is 10.7. The van der Waals surface area contributed by atoms with Gasteiger partial charge in [0.15, 0.2) is 0 Å². The molecule has 6 nitrogen and oxygen atoms in total. The number of hydrogen-bond acceptors (Lipinski definition) is 4. The van der Waals surface area contributed by atoms with E-state index in [2.05, 4.69) is 4.99 Å². The van der Waals surface area contributed by atoms with Crippen LogP contribution in [0.4, 0.5) is 18.9 Å². The average Bonchev–Trinajstić information content (AvgIpc) is 2.44. The molecule has 0 saturated heterocycles. The van der Waals surface area contributed by atoms with Crippen LogP contribution in [0.3, 0.4) is 0 Å². The maximum Gasteiger partial charge on any atom is 0.416 e. The van der Waals surface area contributed by atoms with Crippen molar-refractivity contribution in [3.63, 3.8) is 0 Å². The molecule has 1 aromatic carbocycles. The summed E-state index contributed by atoms with van der Waals surface area (Å²) in [5, 5.41) is 9.70. The Morgan fingerprint density at radius 3 is 2.52 bits per heavy atom. The Kier molecular flexibility index (Phi) is 4.39. The smallest absolute Gasteiger partial charge is 0.416 e. The number of nitrogens with one attached hydrogen (secondary N) is 2. The SMILES string of the molecule is CCC(=Nc1cccc(C(F)(F)F)c1)c1c(O)[nH]c(=O)[nH]c1=O. The molecule has 0 saturated carbocycles. The van der Waals surface area contributed by atoms with Gasteiger partial charge in [-0.3, -0.25) is 19.8 Å². The van der Waals surface area contributed by atoms with Crippen molar-refractivity contribution in [1.82, 2.24) is 9.97 Å². The van der Waals surface area contributed by atoms with Crippen LogP contribution >= 0.6 is 0 Å². The van der Waals surface area contributed by atoms with Crippen LogP contribution in [0.1, 0.15) is 24.5 Å². The van der Waals surface area contributed by atoms with E-state index in [0.717, 1.165) is 12.1 Å². The molecule has 0 aliphatic carbocycles. The number of aliphatic imine (C=N–C) groups is 1. The molecule has 0 amide bonds. The van der Waals surface area contributed by atoms with Gasteiger partial charge >= 0.3 is 11.9 Å².